The molecule has 102 valence electrons. The van der Waals surface area contributed by atoms with Crippen molar-refractivity contribution >= 4 is 0 Å². The first-order valence-corrected chi connectivity index (χ1v) is 7.09. The molecule has 1 aromatic carbocycles. The van der Waals surface area contributed by atoms with Crippen LogP contribution in [-0.4, -0.2) is 37.1 Å². The molecule has 1 heterocycles. The zero-order chi connectivity index (χ0) is 13.7. The van der Waals surface area contributed by atoms with Crippen LogP contribution in [0.25, 0.3) is 0 Å². The second-order valence-corrected chi connectivity index (χ2v) is 5.55. The van der Waals surface area contributed by atoms with Crippen molar-refractivity contribution in [1.29, 1.82) is 5.26 Å². The summed E-state index contributed by atoms with van der Waals surface area (Å²) in [5.74, 6) is -0.0452. The standard InChI is InChI=1S/C16H23N3/c1-13-10-16(8-9-19(13)2)18-12-15(11-17)14-6-4-3-5-7-14/h3-7,13,15-16,18H,8-10,12H2,1-2H3. The monoisotopic (exact) mass is 257 g/mol. The summed E-state index contributed by atoms with van der Waals surface area (Å²) < 4.78 is 0. The topological polar surface area (TPSA) is 39.1 Å². The number of nitrogens with one attached hydrogen (secondary N) is 1. The Balaban J connectivity index is 1.86. The minimum Gasteiger partial charge on any atom is -0.312 e. The van der Waals surface area contributed by atoms with Crippen LogP contribution in [0.2, 0.25) is 0 Å². The van der Waals surface area contributed by atoms with Gasteiger partial charge in [-0.3, -0.25) is 0 Å². The summed E-state index contributed by atoms with van der Waals surface area (Å²) in [6, 6.07) is 13.6. The molecule has 1 aromatic rings. The zero-order valence-corrected chi connectivity index (χ0v) is 11.8. The fourth-order valence-electron chi connectivity index (χ4n) is 2.68. The van der Waals surface area contributed by atoms with E-state index in [1.54, 1.807) is 0 Å². The molecule has 3 nitrogen and oxygen atoms in total. The molecular formula is C16H23N3. The molecule has 3 heteroatoms. The molecule has 1 aliphatic rings. The second-order valence-electron chi connectivity index (χ2n) is 5.55. The molecule has 0 bridgehead atoms. The normalized spacial score (nSPS) is 25.7. The van der Waals surface area contributed by atoms with E-state index in [1.807, 2.05) is 30.3 Å². The lowest BCUT2D eigenvalue weighted by Gasteiger charge is -2.35. The summed E-state index contributed by atoms with van der Waals surface area (Å²) in [5, 5.41) is 12.9. The minimum atomic E-state index is -0.0452. The molecule has 0 amide bonds. The van der Waals surface area contributed by atoms with Gasteiger partial charge in [0.2, 0.25) is 0 Å². The van der Waals surface area contributed by atoms with E-state index in [0.717, 1.165) is 18.7 Å². The molecule has 1 N–H and O–H groups in total. The molecule has 3 unspecified atom stereocenters. The lowest BCUT2D eigenvalue weighted by atomic mass is 9.96. The summed E-state index contributed by atoms with van der Waals surface area (Å²) in [7, 11) is 2.18. The number of hydrogen-bond acceptors (Lipinski definition) is 3. The lowest BCUT2D eigenvalue weighted by Crippen LogP contribution is -2.46. The van der Waals surface area contributed by atoms with Gasteiger partial charge in [0.1, 0.15) is 0 Å². The van der Waals surface area contributed by atoms with E-state index in [2.05, 4.69) is 30.3 Å². The Kier molecular flexibility index (Phi) is 4.95. The maximum Gasteiger partial charge on any atom is 0.0837 e. The van der Waals surface area contributed by atoms with Gasteiger partial charge in [-0.1, -0.05) is 30.3 Å². The summed E-state index contributed by atoms with van der Waals surface area (Å²) in [6.07, 6.45) is 2.34. The Bertz CT molecular complexity index is 423. The van der Waals surface area contributed by atoms with Crippen LogP contribution in [-0.2, 0) is 0 Å². The first kappa shape index (κ1) is 14.0. The molecule has 1 saturated heterocycles. The van der Waals surface area contributed by atoms with Crippen LogP contribution in [0.5, 0.6) is 0 Å². The van der Waals surface area contributed by atoms with Gasteiger partial charge in [-0.25, -0.2) is 0 Å². The van der Waals surface area contributed by atoms with Crippen molar-refractivity contribution in [2.45, 2.75) is 37.8 Å². The number of hydrogen-bond donors (Lipinski definition) is 1. The number of benzene rings is 1. The van der Waals surface area contributed by atoms with Gasteiger partial charge in [0, 0.05) is 18.6 Å². The maximum atomic E-state index is 9.30. The molecule has 2 rings (SSSR count). The molecule has 0 saturated carbocycles. The van der Waals surface area contributed by atoms with E-state index in [4.69, 9.17) is 0 Å². The largest absolute Gasteiger partial charge is 0.312 e. The van der Waals surface area contributed by atoms with Crippen molar-refractivity contribution in [3.8, 4) is 6.07 Å². The van der Waals surface area contributed by atoms with Gasteiger partial charge in [-0.05, 0) is 38.9 Å². The number of nitrogens with zero attached hydrogens (tertiary/aromatic N) is 2. The Labute approximate surface area is 116 Å². The van der Waals surface area contributed by atoms with Gasteiger partial charge >= 0.3 is 0 Å². The molecular weight excluding hydrogens is 234 g/mol. The highest BCUT2D eigenvalue weighted by Crippen LogP contribution is 2.18. The maximum absolute atomic E-state index is 9.30. The summed E-state index contributed by atoms with van der Waals surface area (Å²) in [6.45, 7) is 4.16. The fraction of sp³-hybridized carbons (Fsp3) is 0.562. The van der Waals surface area contributed by atoms with Gasteiger partial charge in [0.05, 0.1) is 12.0 Å². The van der Waals surface area contributed by atoms with E-state index >= 15 is 0 Å². The van der Waals surface area contributed by atoms with Gasteiger partial charge in [-0.2, -0.15) is 5.26 Å². The fourth-order valence-corrected chi connectivity index (χ4v) is 2.68. The number of piperidine rings is 1. The summed E-state index contributed by atoms with van der Waals surface area (Å²) >= 11 is 0. The van der Waals surface area contributed by atoms with Gasteiger partial charge in [0.25, 0.3) is 0 Å². The average Bonchev–Trinajstić information content (AvgIpc) is 2.44. The van der Waals surface area contributed by atoms with Crippen molar-refractivity contribution in [2.75, 3.05) is 20.1 Å². The van der Waals surface area contributed by atoms with Gasteiger partial charge < -0.3 is 10.2 Å². The first-order valence-electron chi connectivity index (χ1n) is 7.09. The van der Waals surface area contributed by atoms with E-state index in [0.29, 0.717) is 12.1 Å². The predicted molar refractivity (Wildman–Crippen MR) is 77.9 cm³/mol. The third-order valence-electron chi connectivity index (χ3n) is 4.18. The molecule has 19 heavy (non-hydrogen) atoms. The number of likely N-dealkylation sites (tertiary alicyclic amines) is 1. The Morgan fingerprint density at radius 3 is 2.79 bits per heavy atom. The molecule has 1 aliphatic heterocycles. The Hall–Kier alpha value is -1.37. The Morgan fingerprint density at radius 2 is 2.16 bits per heavy atom. The third-order valence-corrected chi connectivity index (χ3v) is 4.18. The molecule has 0 aromatic heterocycles. The number of nitriles is 1. The van der Waals surface area contributed by atoms with Crippen LogP contribution in [0.15, 0.2) is 30.3 Å². The molecule has 0 radical (unpaired) electrons. The summed E-state index contributed by atoms with van der Waals surface area (Å²) in [5.41, 5.74) is 1.11. The van der Waals surface area contributed by atoms with Crippen molar-refractivity contribution in [3.63, 3.8) is 0 Å². The van der Waals surface area contributed by atoms with E-state index in [1.165, 1.54) is 12.8 Å². The predicted octanol–water partition coefficient (Wildman–Crippen LogP) is 2.37. The average molecular weight is 257 g/mol. The SMILES string of the molecule is CC1CC(NCC(C#N)c2ccccc2)CCN1C. The highest BCUT2D eigenvalue weighted by molar-refractivity contribution is 5.25. The molecule has 3 atom stereocenters. The van der Waals surface area contributed by atoms with E-state index in [9.17, 15) is 5.26 Å². The zero-order valence-electron chi connectivity index (χ0n) is 11.8. The second kappa shape index (κ2) is 6.70. The highest BCUT2D eigenvalue weighted by Gasteiger charge is 2.23. The van der Waals surface area contributed by atoms with Crippen LogP contribution >= 0.6 is 0 Å². The van der Waals surface area contributed by atoms with Crippen molar-refractivity contribution < 1.29 is 0 Å². The van der Waals surface area contributed by atoms with Gasteiger partial charge in [0.15, 0.2) is 0 Å². The van der Waals surface area contributed by atoms with E-state index in [-0.39, 0.29) is 5.92 Å². The van der Waals surface area contributed by atoms with Crippen LogP contribution in [0.3, 0.4) is 0 Å². The van der Waals surface area contributed by atoms with Crippen molar-refractivity contribution in [2.24, 2.45) is 0 Å². The number of rotatable bonds is 4. The third kappa shape index (κ3) is 3.79. The molecule has 0 spiro atoms. The summed E-state index contributed by atoms with van der Waals surface area (Å²) in [4.78, 5) is 2.40. The highest BCUT2D eigenvalue weighted by atomic mass is 15.1. The Morgan fingerprint density at radius 1 is 1.42 bits per heavy atom. The first-order chi connectivity index (χ1) is 9.20. The van der Waals surface area contributed by atoms with Crippen LogP contribution in [0.4, 0.5) is 0 Å². The molecule has 0 aliphatic carbocycles. The van der Waals surface area contributed by atoms with Gasteiger partial charge in [-0.15, -0.1) is 0 Å². The minimum absolute atomic E-state index is 0.0452. The van der Waals surface area contributed by atoms with Crippen LogP contribution < -0.4 is 5.32 Å². The smallest absolute Gasteiger partial charge is 0.0837 e. The van der Waals surface area contributed by atoms with Crippen LogP contribution in [0.1, 0.15) is 31.2 Å². The quantitative estimate of drug-likeness (QED) is 0.900. The lowest BCUT2D eigenvalue weighted by molar-refractivity contribution is 0.168. The van der Waals surface area contributed by atoms with E-state index < -0.39 is 0 Å². The van der Waals surface area contributed by atoms with Crippen molar-refractivity contribution in [1.82, 2.24) is 10.2 Å². The van der Waals surface area contributed by atoms with Crippen LogP contribution in [0, 0.1) is 11.3 Å². The van der Waals surface area contributed by atoms with Crippen molar-refractivity contribution in [3.05, 3.63) is 35.9 Å². The molecule has 1 fully saturated rings.